The second-order valence-electron chi connectivity index (χ2n) is 4.68. The molecule has 0 aliphatic heterocycles. The van der Waals surface area contributed by atoms with Crippen LogP contribution in [0.4, 0.5) is 5.82 Å². The van der Waals surface area contributed by atoms with Gasteiger partial charge in [-0.1, -0.05) is 0 Å². The average Bonchev–Trinajstić information content (AvgIpc) is 2.92. The van der Waals surface area contributed by atoms with Gasteiger partial charge in [0.05, 0.1) is 0 Å². The number of hydrazine groups is 1. The molecule has 0 radical (unpaired) electrons. The maximum Gasteiger partial charge on any atom is 0.260 e. The summed E-state index contributed by atoms with van der Waals surface area (Å²) in [7, 11) is -3.66. The van der Waals surface area contributed by atoms with Crippen molar-refractivity contribution in [3.8, 4) is 0 Å². The van der Waals surface area contributed by atoms with E-state index in [1.807, 2.05) is 6.26 Å². The maximum atomic E-state index is 12.5. The van der Waals surface area contributed by atoms with Gasteiger partial charge in [0, 0.05) is 22.9 Å². The van der Waals surface area contributed by atoms with E-state index in [0.29, 0.717) is 11.5 Å². The number of nitrogens with zero attached hydrogens (tertiary/aromatic N) is 2. The highest BCUT2D eigenvalue weighted by Gasteiger charge is 2.43. The Balaban J connectivity index is 1.94. The first-order valence-electron chi connectivity index (χ1n) is 5.98. The molecule has 1 aliphatic carbocycles. The van der Waals surface area contributed by atoms with E-state index >= 15 is 0 Å². The van der Waals surface area contributed by atoms with Crippen molar-refractivity contribution in [2.24, 2.45) is 5.84 Å². The molecule has 4 N–H and O–H groups in total. The molecule has 1 saturated carbocycles. The van der Waals surface area contributed by atoms with E-state index in [1.54, 1.807) is 23.3 Å². The third kappa shape index (κ3) is 2.31. The van der Waals surface area contributed by atoms with Gasteiger partial charge in [-0.05, 0) is 19.1 Å². The van der Waals surface area contributed by atoms with E-state index in [-0.39, 0.29) is 15.6 Å². The van der Waals surface area contributed by atoms with Gasteiger partial charge in [-0.2, -0.15) is 16.7 Å². The standard InChI is InChI=1S/C10H15N5O2S3/c1-18-10(2-3-10)6-12-20(16,17)8-7(14-11)13-9-15(8)4-5-19-9/h4-5,12,14H,2-3,6,11H2,1H3. The molecular formula is C10H15N5O2S3. The lowest BCUT2D eigenvalue weighted by molar-refractivity contribution is 0.575. The fourth-order valence-corrected chi connectivity index (χ4v) is 4.96. The van der Waals surface area contributed by atoms with E-state index in [1.165, 1.54) is 15.7 Å². The number of sulfonamides is 1. The monoisotopic (exact) mass is 333 g/mol. The van der Waals surface area contributed by atoms with Crippen LogP contribution in [0.5, 0.6) is 0 Å². The van der Waals surface area contributed by atoms with Crippen LogP contribution in [0.1, 0.15) is 12.8 Å². The first-order valence-corrected chi connectivity index (χ1v) is 9.57. The van der Waals surface area contributed by atoms with E-state index in [2.05, 4.69) is 15.1 Å². The molecule has 7 nitrogen and oxygen atoms in total. The molecular weight excluding hydrogens is 318 g/mol. The number of nitrogens with one attached hydrogen (secondary N) is 2. The van der Waals surface area contributed by atoms with Gasteiger partial charge in [0.15, 0.2) is 10.8 Å². The number of thioether (sulfide) groups is 1. The lowest BCUT2D eigenvalue weighted by atomic mass is 10.4. The van der Waals surface area contributed by atoms with Crippen LogP contribution in [-0.4, -0.2) is 35.4 Å². The quantitative estimate of drug-likeness (QED) is 0.535. The van der Waals surface area contributed by atoms with Crippen LogP contribution in [0.15, 0.2) is 16.6 Å². The molecule has 0 aromatic carbocycles. The van der Waals surface area contributed by atoms with Gasteiger partial charge in [0.2, 0.25) is 5.03 Å². The Morgan fingerprint density at radius 2 is 2.35 bits per heavy atom. The summed E-state index contributed by atoms with van der Waals surface area (Å²) in [5.41, 5.74) is 2.35. The predicted molar refractivity (Wildman–Crippen MR) is 81.5 cm³/mol. The van der Waals surface area contributed by atoms with Gasteiger partial charge in [0.25, 0.3) is 10.0 Å². The van der Waals surface area contributed by atoms with Gasteiger partial charge < -0.3 is 5.43 Å². The Bertz CT molecular complexity index is 731. The zero-order chi connectivity index (χ0) is 14.4. The molecule has 0 bridgehead atoms. The van der Waals surface area contributed by atoms with Crippen LogP contribution < -0.4 is 16.0 Å². The van der Waals surface area contributed by atoms with Gasteiger partial charge in [0.1, 0.15) is 0 Å². The number of imidazole rings is 1. The van der Waals surface area contributed by atoms with Crippen LogP contribution in [-0.2, 0) is 10.0 Å². The highest BCUT2D eigenvalue weighted by molar-refractivity contribution is 8.00. The zero-order valence-corrected chi connectivity index (χ0v) is 13.2. The summed E-state index contributed by atoms with van der Waals surface area (Å²) in [6.07, 6.45) is 5.76. The minimum Gasteiger partial charge on any atom is -0.306 e. The number of hydrogen-bond donors (Lipinski definition) is 3. The number of hydrogen-bond acceptors (Lipinski definition) is 7. The van der Waals surface area contributed by atoms with Gasteiger partial charge >= 0.3 is 0 Å². The smallest absolute Gasteiger partial charge is 0.260 e. The van der Waals surface area contributed by atoms with Gasteiger partial charge in [-0.15, -0.1) is 11.3 Å². The normalized spacial score (nSPS) is 17.5. The molecule has 0 spiro atoms. The second-order valence-corrected chi connectivity index (χ2v) is 8.51. The largest absolute Gasteiger partial charge is 0.306 e. The van der Waals surface area contributed by atoms with Crippen molar-refractivity contribution < 1.29 is 8.42 Å². The van der Waals surface area contributed by atoms with Crippen molar-refractivity contribution in [3.05, 3.63) is 11.6 Å². The Morgan fingerprint density at radius 1 is 1.60 bits per heavy atom. The van der Waals surface area contributed by atoms with Crippen LogP contribution >= 0.6 is 23.1 Å². The SMILES string of the molecule is CSC1(CNS(=O)(=O)c2c(NN)nc3sccn23)CC1. The molecule has 0 amide bonds. The summed E-state index contributed by atoms with van der Waals surface area (Å²) in [6.45, 7) is 0.428. The fourth-order valence-electron chi connectivity index (χ4n) is 2.00. The van der Waals surface area contributed by atoms with Crippen LogP contribution in [0.2, 0.25) is 0 Å². The summed E-state index contributed by atoms with van der Waals surface area (Å²) >= 11 is 3.06. The van der Waals surface area contributed by atoms with Crippen LogP contribution in [0.25, 0.3) is 4.96 Å². The second kappa shape index (κ2) is 4.88. The van der Waals surface area contributed by atoms with Crippen molar-refractivity contribution in [3.63, 3.8) is 0 Å². The van der Waals surface area contributed by atoms with E-state index in [9.17, 15) is 8.42 Å². The van der Waals surface area contributed by atoms with E-state index < -0.39 is 10.0 Å². The number of nitrogen functional groups attached to an aromatic ring is 1. The number of anilines is 1. The van der Waals surface area contributed by atoms with Gasteiger partial charge in [-0.3, -0.25) is 4.40 Å². The number of aromatic nitrogens is 2. The minimum absolute atomic E-state index is 0.0574. The topological polar surface area (TPSA) is 102 Å². The first kappa shape index (κ1) is 14.1. The molecule has 2 aromatic heterocycles. The molecule has 20 heavy (non-hydrogen) atoms. The molecule has 110 valence electrons. The van der Waals surface area contributed by atoms with Crippen molar-refractivity contribution >= 4 is 43.9 Å². The molecule has 10 heteroatoms. The minimum atomic E-state index is -3.66. The third-order valence-corrected chi connectivity index (χ3v) is 7.03. The summed E-state index contributed by atoms with van der Waals surface area (Å²) in [5, 5.41) is 1.85. The van der Waals surface area contributed by atoms with Crippen LogP contribution in [0, 0.1) is 0 Å². The number of rotatable bonds is 6. The lowest BCUT2D eigenvalue weighted by Gasteiger charge is -2.13. The molecule has 1 aliphatic rings. The highest BCUT2D eigenvalue weighted by atomic mass is 32.2. The Labute approximate surface area is 125 Å². The maximum absolute atomic E-state index is 12.5. The number of nitrogens with two attached hydrogens (primary N) is 1. The van der Waals surface area contributed by atoms with Crippen LogP contribution in [0.3, 0.4) is 0 Å². The van der Waals surface area contributed by atoms with E-state index in [0.717, 1.165) is 12.8 Å². The Hall–Kier alpha value is -0.810. The molecule has 3 rings (SSSR count). The molecule has 0 atom stereocenters. The summed E-state index contributed by atoms with van der Waals surface area (Å²) in [4.78, 5) is 4.75. The zero-order valence-electron chi connectivity index (χ0n) is 10.8. The first-order chi connectivity index (χ1) is 9.51. The average molecular weight is 333 g/mol. The molecule has 0 saturated heterocycles. The predicted octanol–water partition coefficient (Wildman–Crippen LogP) is 0.855. The highest BCUT2D eigenvalue weighted by Crippen LogP contribution is 2.46. The van der Waals surface area contributed by atoms with Crippen molar-refractivity contribution in [2.75, 3.05) is 18.2 Å². The van der Waals surface area contributed by atoms with Gasteiger partial charge in [-0.25, -0.2) is 19.0 Å². The number of fused-ring (bicyclic) bond motifs is 1. The molecule has 1 fully saturated rings. The molecule has 2 aromatic rings. The van der Waals surface area contributed by atoms with Crippen molar-refractivity contribution in [1.82, 2.24) is 14.1 Å². The van der Waals surface area contributed by atoms with Crippen molar-refractivity contribution in [1.29, 1.82) is 0 Å². The Morgan fingerprint density at radius 3 is 2.95 bits per heavy atom. The summed E-state index contributed by atoms with van der Waals surface area (Å²) in [5.74, 6) is 5.54. The molecule has 0 unspecified atom stereocenters. The summed E-state index contributed by atoms with van der Waals surface area (Å²) in [6, 6.07) is 0. The molecule has 2 heterocycles. The van der Waals surface area contributed by atoms with E-state index in [4.69, 9.17) is 5.84 Å². The fraction of sp³-hybridized carbons (Fsp3) is 0.500. The Kier molecular flexibility index (Phi) is 3.45. The third-order valence-electron chi connectivity index (χ3n) is 3.43. The van der Waals surface area contributed by atoms with Crippen molar-refractivity contribution in [2.45, 2.75) is 22.6 Å². The number of thiazole rings is 1. The summed E-state index contributed by atoms with van der Waals surface area (Å²) < 4.78 is 29.3. The lowest BCUT2D eigenvalue weighted by Crippen LogP contribution is -2.33.